The number of pyridine rings is 1. The predicted molar refractivity (Wildman–Crippen MR) is 220 cm³/mol. The lowest BCUT2D eigenvalue weighted by Gasteiger charge is -2.49. The second-order valence-electron chi connectivity index (χ2n) is 14.1. The number of fused-ring (bicyclic) bond motifs is 3. The van der Waals surface area contributed by atoms with Crippen molar-refractivity contribution in [3.8, 4) is 0 Å². The Kier molecular flexibility index (Phi) is 13.5. The molecule has 0 fully saturated rings. The molecule has 1 aliphatic rings. The van der Waals surface area contributed by atoms with Crippen LogP contribution in [0.25, 0.3) is 27.6 Å². The second kappa shape index (κ2) is 17.3. The van der Waals surface area contributed by atoms with Crippen LogP contribution in [0.5, 0.6) is 0 Å². The SMILES string of the molecule is C=C1C(=CC=C(CC)c2ccc(CCCC)cc2)C(C)(CC)C(CC)(C(=C)OC(C)=CC(C)OC)[n+]2c1c(C(C=CC)=CC)cc1ccccc12. The molecule has 2 aromatic carbocycles. The molecule has 4 rings (SSSR count). The van der Waals surface area contributed by atoms with Gasteiger partial charge in [-0.05, 0) is 106 Å². The number of aromatic nitrogens is 1. The van der Waals surface area contributed by atoms with E-state index in [0.29, 0.717) is 5.76 Å². The van der Waals surface area contributed by atoms with Crippen LogP contribution in [0.1, 0.15) is 117 Å². The van der Waals surface area contributed by atoms with Crippen molar-refractivity contribution in [3.05, 3.63) is 144 Å². The van der Waals surface area contributed by atoms with Gasteiger partial charge < -0.3 is 9.47 Å². The molecule has 3 heteroatoms. The second-order valence-corrected chi connectivity index (χ2v) is 14.1. The summed E-state index contributed by atoms with van der Waals surface area (Å²) in [5.74, 6) is 1.49. The molecule has 3 atom stereocenters. The smallest absolute Gasteiger partial charge is 0.234 e. The van der Waals surface area contributed by atoms with Crippen LogP contribution in [0, 0.1) is 5.41 Å². The van der Waals surface area contributed by atoms with Gasteiger partial charge in [-0.3, -0.25) is 0 Å². The first-order valence-electron chi connectivity index (χ1n) is 19.1. The van der Waals surface area contributed by atoms with Crippen molar-refractivity contribution in [1.82, 2.24) is 0 Å². The third-order valence-corrected chi connectivity index (χ3v) is 11.2. The van der Waals surface area contributed by atoms with Crippen LogP contribution in [0.4, 0.5) is 0 Å². The lowest BCUT2D eigenvalue weighted by molar-refractivity contribution is -0.755. The Labute approximate surface area is 309 Å². The molecule has 3 unspecified atom stereocenters. The first-order chi connectivity index (χ1) is 24.5. The van der Waals surface area contributed by atoms with Gasteiger partial charge >= 0.3 is 0 Å². The topological polar surface area (TPSA) is 22.3 Å². The third kappa shape index (κ3) is 7.56. The number of unbranched alkanes of at least 4 members (excludes halogenated alkanes) is 1. The molecule has 2 heterocycles. The summed E-state index contributed by atoms with van der Waals surface area (Å²) in [6, 6.07) is 20.2. The number of hydrogen-bond donors (Lipinski definition) is 0. The van der Waals surface area contributed by atoms with Gasteiger partial charge in [0.2, 0.25) is 16.7 Å². The van der Waals surface area contributed by atoms with Gasteiger partial charge in [-0.2, -0.15) is 4.57 Å². The zero-order valence-electron chi connectivity index (χ0n) is 33.2. The normalized spacial score (nSPS) is 21.4. The number of para-hydroxylation sites is 1. The highest BCUT2D eigenvalue weighted by Crippen LogP contribution is 2.57. The molecule has 1 aliphatic heterocycles. The largest absolute Gasteiger partial charge is 0.460 e. The van der Waals surface area contributed by atoms with Crippen LogP contribution in [0.2, 0.25) is 0 Å². The van der Waals surface area contributed by atoms with E-state index in [-0.39, 0.29) is 6.10 Å². The number of rotatable bonds is 15. The Hall–Kier alpha value is -4.21. The monoisotopic (exact) mass is 684 g/mol. The summed E-state index contributed by atoms with van der Waals surface area (Å²) in [6.07, 6.45) is 19.2. The van der Waals surface area contributed by atoms with Crippen molar-refractivity contribution < 1.29 is 14.0 Å². The quantitative estimate of drug-likeness (QED) is 0.0903. The number of hydrogen-bond acceptors (Lipinski definition) is 2. The Morgan fingerprint density at radius 1 is 1.00 bits per heavy atom. The molecule has 0 saturated heterocycles. The number of nitrogens with zero attached hydrogens (tertiary/aromatic N) is 1. The fourth-order valence-corrected chi connectivity index (χ4v) is 8.17. The maximum Gasteiger partial charge on any atom is 0.234 e. The maximum atomic E-state index is 6.84. The first kappa shape index (κ1) is 39.6. The van der Waals surface area contributed by atoms with Crippen molar-refractivity contribution >= 4 is 27.6 Å². The van der Waals surface area contributed by atoms with Crippen LogP contribution in [-0.2, 0) is 21.4 Å². The first-order valence-corrected chi connectivity index (χ1v) is 19.1. The Balaban J connectivity index is 2.12. The van der Waals surface area contributed by atoms with Crippen molar-refractivity contribution in [2.45, 2.75) is 112 Å². The minimum Gasteiger partial charge on any atom is -0.460 e. The van der Waals surface area contributed by atoms with Gasteiger partial charge in [0.25, 0.3) is 0 Å². The molecule has 0 N–H and O–H groups in total. The molecule has 0 saturated carbocycles. The van der Waals surface area contributed by atoms with E-state index in [9.17, 15) is 0 Å². The Morgan fingerprint density at radius 2 is 1.71 bits per heavy atom. The summed E-state index contributed by atoms with van der Waals surface area (Å²) in [4.78, 5) is 0. The fourth-order valence-electron chi connectivity index (χ4n) is 8.17. The highest BCUT2D eigenvalue weighted by atomic mass is 16.5. The molecule has 3 aromatic rings. The van der Waals surface area contributed by atoms with Gasteiger partial charge in [0.05, 0.1) is 22.8 Å². The van der Waals surface area contributed by atoms with Crippen molar-refractivity contribution in [1.29, 1.82) is 0 Å². The van der Waals surface area contributed by atoms with E-state index in [2.05, 4.69) is 138 Å². The van der Waals surface area contributed by atoms with Crippen molar-refractivity contribution in [3.63, 3.8) is 0 Å². The van der Waals surface area contributed by atoms with Gasteiger partial charge in [-0.25, -0.2) is 0 Å². The van der Waals surface area contributed by atoms with Crippen LogP contribution in [0.3, 0.4) is 0 Å². The fraction of sp³-hybridized carbons (Fsp3) is 0.396. The molecule has 0 aliphatic carbocycles. The van der Waals surface area contributed by atoms with E-state index in [1.807, 2.05) is 19.9 Å². The van der Waals surface area contributed by atoms with Gasteiger partial charge in [0, 0.05) is 30.6 Å². The average molecular weight is 685 g/mol. The molecule has 1 aromatic heterocycles. The van der Waals surface area contributed by atoms with E-state index < -0.39 is 11.0 Å². The molecule has 0 spiro atoms. The third-order valence-electron chi connectivity index (χ3n) is 11.2. The zero-order chi connectivity index (χ0) is 37.3. The minimum atomic E-state index is -0.666. The van der Waals surface area contributed by atoms with Gasteiger partial charge in [0.15, 0.2) is 5.76 Å². The molecule has 51 heavy (non-hydrogen) atoms. The molecular weight excluding hydrogens is 623 g/mol. The van der Waals surface area contributed by atoms with E-state index in [1.54, 1.807) is 7.11 Å². The van der Waals surface area contributed by atoms with Gasteiger partial charge in [-0.15, -0.1) is 0 Å². The van der Waals surface area contributed by atoms with Gasteiger partial charge in [-0.1, -0.05) is 114 Å². The van der Waals surface area contributed by atoms with E-state index in [0.717, 1.165) is 59.4 Å². The van der Waals surface area contributed by atoms with Gasteiger partial charge in [0.1, 0.15) is 0 Å². The molecule has 0 bridgehead atoms. The van der Waals surface area contributed by atoms with Crippen molar-refractivity contribution in [2.24, 2.45) is 5.41 Å². The van der Waals surface area contributed by atoms with E-state index in [1.165, 1.54) is 40.5 Å². The number of ether oxygens (including phenoxy) is 2. The average Bonchev–Trinajstić information content (AvgIpc) is 3.14. The van der Waals surface area contributed by atoms with Crippen molar-refractivity contribution in [2.75, 3.05) is 7.11 Å². The zero-order valence-corrected chi connectivity index (χ0v) is 33.2. The van der Waals surface area contributed by atoms with Crippen LogP contribution in [0.15, 0.2) is 121 Å². The summed E-state index contributed by atoms with van der Waals surface area (Å²) in [7, 11) is 1.72. The number of methoxy groups -OCH3 is 1. The summed E-state index contributed by atoms with van der Waals surface area (Å²) in [5, 5.41) is 1.17. The summed E-state index contributed by atoms with van der Waals surface area (Å²) < 4.78 is 14.9. The highest BCUT2D eigenvalue weighted by Gasteiger charge is 2.64. The lowest BCUT2D eigenvalue weighted by Crippen LogP contribution is -2.70. The highest BCUT2D eigenvalue weighted by molar-refractivity contribution is 5.92. The summed E-state index contributed by atoms with van der Waals surface area (Å²) in [5.41, 5.74) is 9.66. The molecular formula is C48H62NO2+. The Bertz CT molecular complexity index is 1880. The summed E-state index contributed by atoms with van der Waals surface area (Å²) >= 11 is 0. The predicted octanol–water partition coefficient (Wildman–Crippen LogP) is 12.9. The van der Waals surface area contributed by atoms with E-state index >= 15 is 0 Å². The number of aryl methyl sites for hydroxylation is 1. The number of allylic oxidation sites excluding steroid dienone is 11. The maximum absolute atomic E-state index is 6.84. The molecule has 0 radical (unpaired) electrons. The standard InChI is InChI=1S/C48H62NO2/c1-13-19-23-38-26-28-41(29-27-38)39(15-3)30-31-44-36(9)46-43(40(16-4)22-14-2)33-42-24-20-21-25-45(42)49(46)48(18-6,47(44,11)17-5)37(10)51-35(8)32-34(7)50-12/h14,16,20-22,24-34H,9-10,13,15,17-19,23H2,1-8,11-12H3/q+1. The number of benzene rings is 2. The van der Waals surface area contributed by atoms with Crippen LogP contribution in [-0.4, -0.2) is 13.2 Å². The molecule has 3 nitrogen and oxygen atoms in total. The molecule has 0 amide bonds. The van der Waals surface area contributed by atoms with Crippen LogP contribution < -0.4 is 4.57 Å². The summed E-state index contributed by atoms with van der Waals surface area (Å²) in [6.45, 7) is 29.4. The molecule has 270 valence electrons. The lowest BCUT2D eigenvalue weighted by atomic mass is 9.57. The minimum absolute atomic E-state index is 0.0849. The van der Waals surface area contributed by atoms with Crippen LogP contribution >= 0.6 is 0 Å². The Morgan fingerprint density at radius 3 is 2.29 bits per heavy atom. The van der Waals surface area contributed by atoms with E-state index in [4.69, 9.17) is 22.6 Å².